The molecule has 122 valence electrons. The number of anilines is 1. The lowest BCUT2D eigenvalue weighted by Gasteiger charge is -2.23. The molecule has 0 N–H and O–H groups in total. The fraction of sp³-hybridized carbons (Fsp3) is 0.562. The number of benzene rings is 1. The van der Waals surface area contributed by atoms with Crippen molar-refractivity contribution in [3.05, 3.63) is 23.8 Å². The van der Waals surface area contributed by atoms with E-state index in [4.69, 9.17) is 0 Å². The van der Waals surface area contributed by atoms with Crippen molar-refractivity contribution < 1.29 is 18.0 Å². The fourth-order valence-electron chi connectivity index (χ4n) is 2.43. The average Bonchev–Trinajstić information content (AvgIpc) is 2.61. The van der Waals surface area contributed by atoms with Crippen molar-refractivity contribution in [1.82, 2.24) is 0 Å². The summed E-state index contributed by atoms with van der Waals surface area (Å²) < 4.78 is 38.9. The fourth-order valence-corrected chi connectivity index (χ4v) is 3.53. The lowest BCUT2D eigenvalue weighted by Crippen LogP contribution is -2.32. The van der Waals surface area contributed by atoms with Crippen LogP contribution in [0, 0.1) is 0 Å². The number of carbonyl (C=O) groups excluding carboxylic acids is 1. The van der Waals surface area contributed by atoms with E-state index >= 15 is 0 Å². The van der Waals surface area contributed by atoms with Gasteiger partial charge in [-0.05, 0) is 31.0 Å². The van der Waals surface area contributed by atoms with Gasteiger partial charge in [-0.1, -0.05) is 20.3 Å². The molecule has 0 saturated heterocycles. The Morgan fingerprint density at radius 3 is 2.77 bits per heavy atom. The van der Waals surface area contributed by atoms with Crippen LogP contribution >= 0.6 is 11.8 Å². The van der Waals surface area contributed by atoms with Crippen LogP contribution in [-0.2, 0) is 11.0 Å². The maximum absolute atomic E-state index is 13.0. The van der Waals surface area contributed by atoms with Crippen LogP contribution < -0.4 is 4.90 Å². The first-order valence-corrected chi connectivity index (χ1v) is 8.39. The zero-order valence-corrected chi connectivity index (χ0v) is 13.6. The maximum Gasteiger partial charge on any atom is 0.416 e. The Balaban J connectivity index is 2.39. The minimum atomic E-state index is -4.39. The summed E-state index contributed by atoms with van der Waals surface area (Å²) in [6, 6.07) is 3.70. The van der Waals surface area contributed by atoms with Crippen molar-refractivity contribution in [2.24, 2.45) is 0 Å². The molecule has 1 heterocycles. The van der Waals surface area contributed by atoms with Crippen molar-refractivity contribution >= 4 is 23.4 Å². The van der Waals surface area contributed by atoms with Gasteiger partial charge in [-0.25, -0.2) is 0 Å². The third kappa shape index (κ3) is 3.97. The minimum Gasteiger partial charge on any atom is -0.311 e. The van der Waals surface area contributed by atoms with Crippen LogP contribution in [0.25, 0.3) is 0 Å². The highest BCUT2D eigenvalue weighted by Crippen LogP contribution is 2.41. The van der Waals surface area contributed by atoms with Gasteiger partial charge < -0.3 is 4.90 Å². The first-order valence-electron chi connectivity index (χ1n) is 7.51. The van der Waals surface area contributed by atoms with E-state index in [1.54, 1.807) is 0 Å². The van der Waals surface area contributed by atoms with E-state index in [1.807, 2.05) is 13.8 Å². The summed E-state index contributed by atoms with van der Waals surface area (Å²) >= 11 is 1.54. The molecule has 1 unspecified atom stereocenters. The van der Waals surface area contributed by atoms with Crippen molar-refractivity contribution in [2.45, 2.75) is 55.9 Å². The van der Waals surface area contributed by atoms with Crippen LogP contribution in [0.1, 0.15) is 45.1 Å². The summed E-state index contributed by atoms with van der Waals surface area (Å²) in [5.74, 6) is -0.0860. The smallest absolute Gasteiger partial charge is 0.311 e. The lowest BCUT2D eigenvalue weighted by molar-refractivity contribution is -0.137. The first-order chi connectivity index (χ1) is 10.3. The molecule has 1 aliphatic rings. The van der Waals surface area contributed by atoms with Gasteiger partial charge in [-0.2, -0.15) is 13.2 Å². The number of carbonyl (C=O) groups is 1. The summed E-state index contributed by atoms with van der Waals surface area (Å²) in [6.45, 7) is 4.50. The maximum atomic E-state index is 13.0. The Kier molecular flexibility index (Phi) is 5.42. The van der Waals surface area contributed by atoms with E-state index in [-0.39, 0.29) is 11.2 Å². The second-order valence-corrected chi connectivity index (χ2v) is 7.03. The van der Waals surface area contributed by atoms with Gasteiger partial charge in [0.2, 0.25) is 5.91 Å². The van der Waals surface area contributed by atoms with Gasteiger partial charge in [-0.15, -0.1) is 11.8 Å². The zero-order valence-electron chi connectivity index (χ0n) is 12.7. The number of halogens is 3. The molecule has 0 aromatic heterocycles. The van der Waals surface area contributed by atoms with Crippen LogP contribution in [0.2, 0.25) is 0 Å². The number of unbranched alkanes of at least 4 members (excludes halogenated alkanes) is 1. The number of alkyl halides is 3. The third-order valence-corrected chi connectivity index (χ3v) is 4.95. The van der Waals surface area contributed by atoms with Crippen molar-refractivity contribution in [2.75, 3.05) is 11.4 Å². The molecule has 2 rings (SSSR count). The van der Waals surface area contributed by atoms with Gasteiger partial charge in [0.15, 0.2) is 0 Å². The van der Waals surface area contributed by atoms with Crippen LogP contribution in [0.3, 0.4) is 0 Å². The van der Waals surface area contributed by atoms with E-state index in [2.05, 4.69) is 0 Å². The van der Waals surface area contributed by atoms with Crippen LogP contribution in [0.5, 0.6) is 0 Å². The lowest BCUT2D eigenvalue weighted by atomic mass is 10.1. The Morgan fingerprint density at radius 2 is 2.14 bits per heavy atom. The summed E-state index contributed by atoms with van der Waals surface area (Å²) in [5, 5.41) is 0.277. The van der Waals surface area contributed by atoms with Gasteiger partial charge in [0, 0.05) is 23.1 Å². The molecule has 22 heavy (non-hydrogen) atoms. The number of hydrogen-bond donors (Lipinski definition) is 0. The average molecular weight is 331 g/mol. The number of thioether (sulfide) groups is 1. The highest BCUT2D eigenvalue weighted by atomic mass is 32.2. The molecule has 1 aromatic rings. The molecule has 1 aliphatic heterocycles. The van der Waals surface area contributed by atoms with E-state index in [0.717, 1.165) is 36.3 Å². The Morgan fingerprint density at radius 1 is 1.41 bits per heavy atom. The largest absolute Gasteiger partial charge is 0.416 e. The van der Waals surface area contributed by atoms with Crippen molar-refractivity contribution in [3.63, 3.8) is 0 Å². The van der Waals surface area contributed by atoms with Gasteiger partial charge >= 0.3 is 6.18 Å². The van der Waals surface area contributed by atoms with Gasteiger partial charge in [0.05, 0.1) is 11.3 Å². The quantitative estimate of drug-likeness (QED) is 0.767. The number of fused-ring (bicyclic) bond motifs is 1. The standard InChI is InChI=1S/C16H20F3NOS/c1-3-4-5-15(21)20-9-8-11(2)22-14-7-6-12(10-13(14)20)16(17,18)19/h6-7,10-11H,3-5,8-9H2,1-2H3. The summed E-state index contributed by atoms with van der Waals surface area (Å²) in [7, 11) is 0. The van der Waals surface area contributed by atoms with E-state index in [1.165, 1.54) is 22.7 Å². The zero-order chi connectivity index (χ0) is 16.3. The normalized spacial score (nSPS) is 18.8. The monoisotopic (exact) mass is 331 g/mol. The predicted molar refractivity (Wildman–Crippen MR) is 83.3 cm³/mol. The van der Waals surface area contributed by atoms with Crippen LogP contribution in [0.4, 0.5) is 18.9 Å². The Bertz CT molecular complexity index is 545. The third-order valence-electron chi connectivity index (χ3n) is 3.71. The highest BCUT2D eigenvalue weighted by Gasteiger charge is 2.33. The minimum absolute atomic E-state index is 0.0860. The Labute approximate surface area is 133 Å². The molecular formula is C16H20F3NOS. The molecule has 1 atom stereocenters. The van der Waals surface area contributed by atoms with Crippen LogP contribution in [0.15, 0.2) is 23.1 Å². The van der Waals surface area contributed by atoms with E-state index < -0.39 is 11.7 Å². The van der Waals surface area contributed by atoms with E-state index in [0.29, 0.717) is 18.7 Å². The molecule has 0 saturated carbocycles. The van der Waals surface area contributed by atoms with Crippen molar-refractivity contribution in [3.8, 4) is 0 Å². The second-order valence-electron chi connectivity index (χ2n) is 5.55. The predicted octanol–water partition coefficient (Wildman–Crippen LogP) is 5.11. The SMILES string of the molecule is CCCCC(=O)N1CCC(C)Sc2ccc(C(F)(F)F)cc21. The number of rotatable bonds is 3. The molecule has 0 aliphatic carbocycles. The molecule has 0 bridgehead atoms. The second kappa shape index (κ2) is 6.94. The highest BCUT2D eigenvalue weighted by molar-refractivity contribution is 8.00. The molecule has 0 radical (unpaired) electrons. The van der Waals surface area contributed by atoms with E-state index in [9.17, 15) is 18.0 Å². The summed E-state index contributed by atoms with van der Waals surface area (Å²) in [6.07, 6.45) is -1.59. The molecule has 1 amide bonds. The molecule has 6 heteroatoms. The number of nitrogens with zero attached hydrogens (tertiary/aromatic N) is 1. The summed E-state index contributed by atoms with van der Waals surface area (Å²) in [5.41, 5.74) is -0.292. The summed E-state index contributed by atoms with van der Waals surface area (Å²) in [4.78, 5) is 14.7. The van der Waals surface area contributed by atoms with Gasteiger partial charge in [-0.3, -0.25) is 4.79 Å². The van der Waals surface area contributed by atoms with Gasteiger partial charge in [0.1, 0.15) is 0 Å². The first kappa shape index (κ1) is 17.2. The number of amides is 1. The van der Waals surface area contributed by atoms with Crippen molar-refractivity contribution in [1.29, 1.82) is 0 Å². The molecular weight excluding hydrogens is 311 g/mol. The van der Waals surface area contributed by atoms with Gasteiger partial charge in [0.25, 0.3) is 0 Å². The molecule has 1 aromatic carbocycles. The number of hydrogen-bond acceptors (Lipinski definition) is 2. The van der Waals surface area contributed by atoms with Crippen LogP contribution in [-0.4, -0.2) is 17.7 Å². The molecule has 0 fully saturated rings. The topological polar surface area (TPSA) is 20.3 Å². The molecule has 2 nitrogen and oxygen atoms in total. The Hall–Kier alpha value is -1.17. The molecule has 0 spiro atoms.